The molecule has 0 aliphatic carbocycles. The molecular weight excluding hydrogens is 376 g/mol. The lowest BCUT2D eigenvalue weighted by Gasteiger charge is -1.99. The first kappa shape index (κ1) is 19.8. The second kappa shape index (κ2) is 7.55. The molecule has 2 aromatic rings. The highest BCUT2D eigenvalue weighted by molar-refractivity contribution is 7.71. The van der Waals surface area contributed by atoms with Crippen molar-refractivity contribution in [3.63, 3.8) is 0 Å². The Balaban J connectivity index is 2.24. The number of rotatable bonds is 4. The monoisotopic (exact) mass is 398 g/mol. The first-order valence-electron chi connectivity index (χ1n) is 9.06. The van der Waals surface area contributed by atoms with E-state index in [1.165, 1.54) is 0 Å². The van der Waals surface area contributed by atoms with Gasteiger partial charge in [0.15, 0.2) is 4.77 Å². The largest absolute Gasteiger partial charge is 0.494 e. The minimum absolute atomic E-state index is 0.0604. The molecule has 0 atom stereocenters. The lowest BCUT2D eigenvalue weighted by atomic mass is 10.0. The van der Waals surface area contributed by atoms with Gasteiger partial charge in [-0.05, 0) is 67.8 Å². The summed E-state index contributed by atoms with van der Waals surface area (Å²) in [4.78, 5) is 36.6. The predicted molar refractivity (Wildman–Crippen MR) is 112 cm³/mol. The van der Waals surface area contributed by atoms with Crippen molar-refractivity contribution < 1.29 is 9.90 Å². The Morgan fingerprint density at radius 2 is 1.75 bits per heavy atom. The minimum Gasteiger partial charge on any atom is -0.494 e. The highest BCUT2D eigenvalue weighted by Crippen LogP contribution is 2.20. The zero-order valence-corrected chi connectivity index (χ0v) is 17.0. The van der Waals surface area contributed by atoms with E-state index < -0.39 is 5.56 Å². The number of nitrogens with zero attached hydrogens (tertiary/aromatic N) is 1. The number of H-pyrrole nitrogens is 3. The van der Waals surface area contributed by atoms with Crippen LogP contribution in [-0.4, -0.2) is 31.7 Å². The van der Waals surface area contributed by atoms with E-state index in [2.05, 4.69) is 19.9 Å². The molecule has 0 unspecified atom stereocenters. The van der Waals surface area contributed by atoms with Crippen LogP contribution in [0.5, 0.6) is 5.88 Å². The third kappa shape index (κ3) is 3.43. The molecule has 0 bridgehead atoms. The van der Waals surface area contributed by atoms with Gasteiger partial charge in [-0.3, -0.25) is 14.6 Å². The van der Waals surface area contributed by atoms with E-state index in [-0.39, 0.29) is 22.1 Å². The highest BCUT2D eigenvalue weighted by atomic mass is 32.1. The summed E-state index contributed by atoms with van der Waals surface area (Å²) >= 11 is 4.86. The molecule has 0 fully saturated rings. The number of allylic oxidation sites excluding steroid dienone is 1. The van der Waals surface area contributed by atoms with Crippen molar-refractivity contribution >= 4 is 36.0 Å². The average Bonchev–Trinajstić information content (AvgIpc) is 3.07. The summed E-state index contributed by atoms with van der Waals surface area (Å²) < 4.78 is 0.0604. The fourth-order valence-corrected chi connectivity index (χ4v) is 3.64. The van der Waals surface area contributed by atoms with Gasteiger partial charge >= 0.3 is 0 Å². The number of aromatic nitrogens is 3. The van der Waals surface area contributed by atoms with E-state index >= 15 is 0 Å². The molecule has 8 heteroatoms. The first-order chi connectivity index (χ1) is 13.3. The third-order valence-corrected chi connectivity index (χ3v) is 5.20. The predicted octanol–water partition coefficient (Wildman–Crippen LogP) is 1.65. The van der Waals surface area contributed by atoms with Crippen LogP contribution in [0.15, 0.2) is 20.9 Å². The van der Waals surface area contributed by atoms with Crippen molar-refractivity contribution in [1.82, 2.24) is 15.0 Å². The van der Waals surface area contributed by atoms with Gasteiger partial charge in [-0.2, -0.15) is 0 Å². The van der Waals surface area contributed by atoms with Gasteiger partial charge in [-0.25, -0.2) is 4.99 Å². The number of aliphatic imine (C=N–C) groups is 1. The zero-order chi connectivity index (χ0) is 20.6. The SMILES string of the molecule is CCC1=C(C)C(=O)N=C1/C=c1\[nH]/c(=C\c2c(O)[nH]c(=S)[nH]c2=O)c(CC)c1C. The Morgan fingerprint density at radius 1 is 1.04 bits per heavy atom. The minimum atomic E-state index is -0.473. The van der Waals surface area contributed by atoms with Gasteiger partial charge in [0.05, 0.1) is 5.71 Å². The molecule has 3 rings (SSSR count). The van der Waals surface area contributed by atoms with Crippen molar-refractivity contribution in [2.75, 3.05) is 0 Å². The van der Waals surface area contributed by atoms with Gasteiger partial charge in [-0.15, -0.1) is 0 Å². The molecule has 0 radical (unpaired) electrons. The summed E-state index contributed by atoms with van der Waals surface area (Å²) in [7, 11) is 0. The van der Waals surface area contributed by atoms with E-state index in [0.717, 1.165) is 34.9 Å². The fourth-order valence-electron chi connectivity index (χ4n) is 3.45. The van der Waals surface area contributed by atoms with E-state index in [4.69, 9.17) is 12.2 Å². The standard InChI is InChI=1S/C20H22N4O3S/c1-5-11-9(3)14(8-16-12(6-2)10(4)17(25)22-16)21-15(11)7-13-18(26)23-20(28)24-19(13)27/h7-8,21H,5-6H2,1-4H3,(H3,23,24,26,27,28)/b14-8-,15-7-. The molecule has 1 aliphatic rings. The van der Waals surface area contributed by atoms with Crippen LogP contribution in [0.2, 0.25) is 0 Å². The molecule has 28 heavy (non-hydrogen) atoms. The number of nitrogens with one attached hydrogen (secondary N) is 3. The van der Waals surface area contributed by atoms with E-state index in [1.807, 2.05) is 26.8 Å². The smallest absolute Gasteiger partial charge is 0.273 e. The van der Waals surface area contributed by atoms with Crippen LogP contribution < -0.4 is 16.3 Å². The van der Waals surface area contributed by atoms with Crippen molar-refractivity contribution in [3.05, 3.63) is 53.7 Å². The molecule has 4 N–H and O–H groups in total. The normalized spacial score (nSPS) is 15.7. The molecule has 0 saturated heterocycles. The van der Waals surface area contributed by atoms with Gasteiger partial charge in [0.25, 0.3) is 11.5 Å². The van der Waals surface area contributed by atoms with Crippen LogP contribution in [0.3, 0.4) is 0 Å². The molecule has 0 spiro atoms. The summed E-state index contributed by atoms with van der Waals surface area (Å²) in [6, 6.07) is 0. The van der Waals surface area contributed by atoms with Crippen molar-refractivity contribution in [3.8, 4) is 5.88 Å². The maximum atomic E-state index is 12.2. The molecule has 7 nitrogen and oxygen atoms in total. The number of aromatic hydroxyl groups is 1. The summed E-state index contributed by atoms with van der Waals surface area (Å²) in [5, 5.41) is 11.6. The van der Waals surface area contributed by atoms with Crippen molar-refractivity contribution in [1.29, 1.82) is 0 Å². The van der Waals surface area contributed by atoms with Crippen molar-refractivity contribution in [2.24, 2.45) is 4.99 Å². The second-order valence-electron chi connectivity index (χ2n) is 6.63. The number of aromatic amines is 3. The van der Waals surface area contributed by atoms with Gasteiger partial charge < -0.3 is 15.1 Å². The average molecular weight is 398 g/mol. The molecule has 1 aliphatic heterocycles. The Morgan fingerprint density at radius 3 is 2.36 bits per heavy atom. The van der Waals surface area contributed by atoms with Crippen LogP contribution in [0.1, 0.15) is 43.9 Å². The Kier molecular flexibility index (Phi) is 5.33. The Labute approximate surface area is 166 Å². The van der Waals surface area contributed by atoms with Crippen LogP contribution in [0, 0.1) is 11.7 Å². The van der Waals surface area contributed by atoms with Crippen molar-refractivity contribution in [2.45, 2.75) is 40.5 Å². The van der Waals surface area contributed by atoms with Crippen LogP contribution >= 0.6 is 12.2 Å². The van der Waals surface area contributed by atoms with Gasteiger partial charge in [0.2, 0.25) is 5.88 Å². The highest BCUT2D eigenvalue weighted by Gasteiger charge is 2.20. The molecule has 0 saturated carbocycles. The number of carbonyl (C=O) groups excluding carboxylic acids is 1. The quantitative estimate of drug-likeness (QED) is 0.586. The Bertz CT molecular complexity index is 1270. The third-order valence-electron chi connectivity index (χ3n) is 4.99. The lowest BCUT2D eigenvalue weighted by molar-refractivity contribution is -0.114. The lowest BCUT2D eigenvalue weighted by Crippen LogP contribution is -2.17. The Hall–Kier alpha value is -3.00. The molecule has 0 aromatic carbocycles. The fraction of sp³-hybridized carbons (Fsp3) is 0.300. The van der Waals surface area contributed by atoms with Gasteiger partial charge in [0.1, 0.15) is 5.56 Å². The first-order valence-corrected chi connectivity index (χ1v) is 9.47. The summed E-state index contributed by atoms with van der Waals surface area (Å²) in [6.07, 6.45) is 4.90. The molecule has 3 heterocycles. The zero-order valence-electron chi connectivity index (χ0n) is 16.2. The summed E-state index contributed by atoms with van der Waals surface area (Å²) in [5.74, 6) is -0.489. The number of hydrogen-bond donors (Lipinski definition) is 4. The van der Waals surface area contributed by atoms with Gasteiger partial charge in [0, 0.05) is 16.3 Å². The second-order valence-corrected chi connectivity index (χ2v) is 7.04. The maximum Gasteiger partial charge on any atom is 0.273 e. The summed E-state index contributed by atoms with van der Waals surface area (Å²) in [6.45, 7) is 7.77. The van der Waals surface area contributed by atoms with Crippen LogP contribution in [-0.2, 0) is 11.2 Å². The molecular formula is C20H22N4O3S. The van der Waals surface area contributed by atoms with E-state index in [0.29, 0.717) is 16.6 Å². The number of hydrogen-bond acceptors (Lipinski definition) is 4. The number of carbonyl (C=O) groups is 1. The van der Waals surface area contributed by atoms with E-state index in [9.17, 15) is 14.7 Å². The van der Waals surface area contributed by atoms with Crippen LogP contribution in [0.4, 0.5) is 0 Å². The molecule has 2 aromatic heterocycles. The van der Waals surface area contributed by atoms with E-state index in [1.54, 1.807) is 13.0 Å². The number of amides is 1. The molecule has 146 valence electrons. The topological polar surface area (TPSA) is 114 Å². The van der Waals surface area contributed by atoms with Crippen LogP contribution in [0.25, 0.3) is 12.2 Å². The maximum absolute atomic E-state index is 12.2. The summed E-state index contributed by atoms with van der Waals surface area (Å²) in [5.41, 5.74) is 3.91. The van der Waals surface area contributed by atoms with Gasteiger partial charge in [-0.1, -0.05) is 13.8 Å². The molecule has 1 amide bonds.